The fraction of sp³-hybridized carbons (Fsp3) is 0.222. The summed E-state index contributed by atoms with van der Waals surface area (Å²) in [7, 11) is 0. The molecule has 0 radical (unpaired) electrons. The monoisotopic (exact) mass is 374 g/mol. The first-order valence-corrected chi connectivity index (χ1v) is 8.15. The molecule has 2 aromatic carbocycles. The predicted octanol–water partition coefficient (Wildman–Crippen LogP) is 4.46. The van der Waals surface area contributed by atoms with E-state index in [9.17, 15) is 9.59 Å². The largest absolute Gasteiger partial charge is 0.318 e. The molecule has 2 N–H and O–H groups in total. The molecule has 5 heteroatoms. The normalized spacial score (nSPS) is 10.5. The van der Waals surface area contributed by atoms with Gasteiger partial charge in [0, 0.05) is 15.8 Å². The maximum absolute atomic E-state index is 12.2. The van der Waals surface area contributed by atoms with Crippen LogP contribution in [-0.2, 0) is 9.59 Å². The summed E-state index contributed by atoms with van der Waals surface area (Å²) in [5, 5.41) is 5.32. The van der Waals surface area contributed by atoms with Crippen LogP contribution in [0.4, 0.5) is 11.4 Å². The van der Waals surface area contributed by atoms with Gasteiger partial charge >= 0.3 is 11.8 Å². The summed E-state index contributed by atoms with van der Waals surface area (Å²) in [5.41, 5.74) is 3.22. The number of hydrogen-bond donors (Lipinski definition) is 2. The SMILES string of the molecule is Cc1cccc(C(C)C)c1NC(=O)C(=O)Nc1ccc(Br)cc1. The molecular weight excluding hydrogens is 356 g/mol. The van der Waals surface area contributed by atoms with Crippen LogP contribution in [0.15, 0.2) is 46.9 Å². The highest BCUT2D eigenvalue weighted by atomic mass is 79.9. The Hall–Kier alpha value is -2.14. The van der Waals surface area contributed by atoms with Gasteiger partial charge in [0.1, 0.15) is 0 Å². The van der Waals surface area contributed by atoms with Gasteiger partial charge in [-0.25, -0.2) is 0 Å². The molecule has 0 bridgehead atoms. The third-order valence-corrected chi connectivity index (χ3v) is 4.00. The molecule has 2 aromatic rings. The number of anilines is 2. The number of benzene rings is 2. The van der Waals surface area contributed by atoms with E-state index in [-0.39, 0.29) is 5.92 Å². The van der Waals surface area contributed by atoms with Gasteiger partial charge in [0.25, 0.3) is 0 Å². The van der Waals surface area contributed by atoms with Gasteiger partial charge in [-0.05, 0) is 48.2 Å². The first-order chi connectivity index (χ1) is 10.9. The first-order valence-electron chi connectivity index (χ1n) is 7.36. The van der Waals surface area contributed by atoms with E-state index in [0.717, 1.165) is 15.6 Å². The third kappa shape index (κ3) is 4.42. The Morgan fingerprint density at radius 2 is 1.57 bits per heavy atom. The molecule has 0 spiro atoms. The number of rotatable bonds is 3. The van der Waals surface area contributed by atoms with Crippen molar-refractivity contribution in [1.29, 1.82) is 0 Å². The number of nitrogens with one attached hydrogen (secondary N) is 2. The van der Waals surface area contributed by atoms with Crippen molar-refractivity contribution in [3.63, 3.8) is 0 Å². The van der Waals surface area contributed by atoms with E-state index in [0.29, 0.717) is 11.4 Å². The van der Waals surface area contributed by atoms with E-state index >= 15 is 0 Å². The quantitative estimate of drug-likeness (QED) is 0.779. The average molecular weight is 375 g/mol. The molecule has 0 aliphatic rings. The molecule has 0 atom stereocenters. The second kappa shape index (κ2) is 7.42. The summed E-state index contributed by atoms with van der Waals surface area (Å²) >= 11 is 3.32. The van der Waals surface area contributed by atoms with Crippen molar-refractivity contribution in [1.82, 2.24) is 0 Å². The molecule has 23 heavy (non-hydrogen) atoms. The average Bonchev–Trinajstić information content (AvgIpc) is 2.51. The van der Waals surface area contributed by atoms with Crippen LogP contribution in [0.2, 0.25) is 0 Å². The number of amides is 2. The van der Waals surface area contributed by atoms with Crippen molar-refractivity contribution in [2.45, 2.75) is 26.7 Å². The summed E-state index contributed by atoms with van der Waals surface area (Å²) in [6.45, 7) is 6.01. The Kier molecular flexibility index (Phi) is 5.55. The molecule has 2 amide bonds. The van der Waals surface area contributed by atoms with Crippen LogP contribution in [0.1, 0.15) is 30.9 Å². The molecule has 0 heterocycles. The van der Waals surface area contributed by atoms with Crippen LogP contribution in [0, 0.1) is 6.92 Å². The second-order valence-corrected chi connectivity index (χ2v) is 6.52. The van der Waals surface area contributed by atoms with Crippen LogP contribution in [0.5, 0.6) is 0 Å². The molecule has 120 valence electrons. The third-order valence-electron chi connectivity index (χ3n) is 3.47. The van der Waals surface area contributed by atoms with Crippen LogP contribution >= 0.6 is 15.9 Å². The first kappa shape index (κ1) is 17.2. The Morgan fingerprint density at radius 1 is 0.957 bits per heavy atom. The minimum absolute atomic E-state index is 0.250. The molecule has 0 unspecified atom stereocenters. The number of aryl methyl sites for hydroxylation is 1. The number of halogens is 1. The molecule has 0 aliphatic heterocycles. The van der Waals surface area contributed by atoms with Crippen molar-refractivity contribution in [2.24, 2.45) is 0 Å². The second-order valence-electron chi connectivity index (χ2n) is 5.61. The van der Waals surface area contributed by atoms with Gasteiger partial charge in [0.15, 0.2) is 0 Å². The molecule has 0 fully saturated rings. The Balaban J connectivity index is 2.13. The van der Waals surface area contributed by atoms with E-state index < -0.39 is 11.8 Å². The summed E-state index contributed by atoms with van der Waals surface area (Å²) in [5.74, 6) is -1.12. The number of carbonyl (C=O) groups excluding carboxylic acids is 2. The van der Waals surface area contributed by atoms with Gasteiger partial charge in [0.2, 0.25) is 0 Å². The predicted molar refractivity (Wildman–Crippen MR) is 96.7 cm³/mol. The van der Waals surface area contributed by atoms with Crippen LogP contribution in [-0.4, -0.2) is 11.8 Å². The Bertz CT molecular complexity index is 724. The minimum Gasteiger partial charge on any atom is -0.318 e. The number of para-hydroxylation sites is 1. The maximum Gasteiger partial charge on any atom is 0.314 e. The summed E-state index contributed by atoms with van der Waals surface area (Å²) in [6.07, 6.45) is 0. The summed E-state index contributed by atoms with van der Waals surface area (Å²) in [6, 6.07) is 12.9. The van der Waals surface area contributed by atoms with Gasteiger partial charge in [-0.1, -0.05) is 48.0 Å². The smallest absolute Gasteiger partial charge is 0.314 e. The molecule has 0 saturated heterocycles. The molecular formula is C18H19BrN2O2. The van der Waals surface area contributed by atoms with Crippen molar-refractivity contribution in [3.05, 3.63) is 58.1 Å². The van der Waals surface area contributed by atoms with E-state index in [4.69, 9.17) is 0 Å². The zero-order chi connectivity index (χ0) is 17.0. The molecule has 0 aliphatic carbocycles. The summed E-state index contributed by atoms with van der Waals surface area (Å²) < 4.78 is 0.904. The Morgan fingerprint density at radius 3 is 2.17 bits per heavy atom. The highest BCUT2D eigenvalue weighted by Crippen LogP contribution is 2.27. The lowest BCUT2D eigenvalue weighted by molar-refractivity contribution is -0.133. The minimum atomic E-state index is -0.690. The van der Waals surface area contributed by atoms with Crippen molar-refractivity contribution < 1.29 is 9.59 Å². The van der Waals surface area contributed by atoms with Crippen molar-refractivity contribution in [3.8, 4) is 0 Å². The summed E-state index contributed by atoms with van der Waals surface area (Å²) in [4.78, 5) is 24.2. The zero-order valence-corrected chi connectivity index (χ0v) is 14.9. The van der Waals surface area contributed by atoms with Gasteiger partial charge in [0.05, 0.1) is 0 Å². The van der Waals surface area contributed by atoms with Crippen molar-refractivity contribution >= 4 is 39.1 Å². The Labute approximate surface area is 144 Å². The standard InChI is InChI=1S/C18H19BrN2O2/c1-11(2)15-6-4-5-12(3)16(15)21-18(23)17(22)20-14-9-7-13(19)8-10-14/h4-11H,1-3H3,(H,20,22)(H,21,23). The van der Waals surface area contributed by atoms with Crippen LogP contribution < -0.4 is 10.6 Å². The zero-order valence-electron chi connectivity index (χ0n) is 13.3. The van der Waals surface area contributed by atoms with Gasteiger partial charge < -0.3 is 10.6 Å². The van der Waals surface area contributed by atoms with E-state index in [1.807, 2.05) is 39.0 Å². The fourth-order valence-electron chi connectivity index (χ4n) is 2.23. The van der Waals surface area contributed by atoms with E-state index in [1.54, 1.807) is 24.3 Å². The van der Waals surface area contributed by atoms with E-state index in [1.165, 1.54) is 0 Å². The highest BCUT2D eigenvalue weighted by Gasteiger charge is 2.17. The molecule has 4 nitrogen and oxygen atoms in total. The number of carbonyl (C=O) groups is 2. The van der Waals surface area contributed by atoms with Gasteiger partial charge in [-0.2, -0.15) is 0 Å². The topological polar surface area (TPSA) is 58.2 Å². The molecule has 0 aromatic heterocycles. The van der Waals surface area contributed by atoms with E-state index in [2.05, 4.69) is 26.6 Å². The molecule has 2 rings (SSSR count). The lowest BCUT2D eigenvalue weighted by atomic mass is 9.98. The molecule has 0 saturated carbocycles. The maximum atomic E-state index is 12.2. The van der Waals surface area contributed by atoms with Gasteiger partial charge in [-0.15, -0.1) is 0 Å². The van der Waals surface area contributed by atoms with Crippen LogP contribution in [0.25, 0.3) is 0 Å². The highest BCUT2D eigenvalue weighted by molar-refractivity contribution is 9.10. The van der Waals surface area contributed by atoms with Crippen LogP contribution in [0.3, 0.4) is 0 Å². The fourth-order valence-corrected chi connectivity index (χ4v) is 2.50. The number of hydrogen-bond acceptors (Lipinski definition) is 2. The lowest BCUT2D eigenvalue weighted by Gasteiger charge is -2.16. The van der Waals surface area contributed by atoms with Crippen molar-refractivity contribution in [2.75, 3.05) is 10.6 Å². The van der Waals surface area contributed by atoms with Gasteiger partial charge in [-0.3, -0.25) is 9.59 Å². The lowest BCUT2D eigenvalue weighted by Crippen LogP contribution is -2.29.